The van der Waals surface area contributed by atoms with Gasteiger partial charge in [-0.05, 0) is 25.0 Å². The number of carbonyl (C=O) groups excluding carboxylic acids is 1. The lowest BCUT2D eigenvalue weighted by Crippen LogP contribution is -2.34. The Morgan fingerprint density at radius 2 is 1.80 bits per heavy atom. The first-order valence-electron chi connectivity index (χ1n) is 8.17. The average molecular weight is 337 g/mol. The van der Waals surface area contributed by atoms with Crippen LogP contribution in [-0.4, -0.2) is 27.0 Å². The number of fused-ring (bicyclic) bond motifs is 1. The van der Waals surface area contributed by atoms with E-state index < -0.39 is 0 Å². The number of aromatic amines is 1. The molecule has 1 fully saturated rings. The Kier molecular flexibility index (Phi) is 3.80. The number of H-pyrrole nitrogens is 1. The summed E-state index contributed by atoms with van der Waals surface area (Å²) in [6.45, 7) is 0.186. The van der Waals surface area contributed by atoms with E-state index in [2.05, 4.69) is 10.2 Å². The maximum Gasteiger partial charge on any atom is 0.275 e. The lowest BCUT2D eigenvalue weighted by molar-refractivity contribution is 0.0723. The normalized spacial score (nSPS) is 13.8. The minimum absolute atomic E-state index is 0.0830. The molecule has 0 saturated heterocycles. The van der Waals surface area contributed by atoms with Crippen LogP contribution in [0.3, 0.4) is 0 Å². The Morgan fingerprint density at radius 3 is 2.52 bits per heavy atom. The van der Waals surface area contributed by atoms with Crippen molar-refractivity contribution in [1.29, 1.82) is 0 Å². The van der Waals surface area contributed by atoms with Gasteiger partial charge in [-0.1, -0.05) is 36.4 Å². The molecule has 126 valence electrons. The zero-order valence-corrected chi connectivity index (χ0v) is 13.4. The van der Waals surface area contributed by atoms with E-state index >= 15 is 0 Å². The van der Waals surface area contributed by atoms with Crippen LogP contribution in [-0.2, 0) is 6.54 Å². The third kappa shape index (κ3) is 2.91. The van der Waals surface area contributed by atoms with E-state index in [0.717, 1.165) is 12.8 Å². The van der Waals surface area contributed by atoms with Crippen LogP contribution >= 0.6 is 0 Å². The summed E-state index contributed by atoms with van der Waals surface area (Å²) in [4.78, 5) is 26.6. The van der Waals surface area contributed by atoms with Gasteiger partial charge in [-0.3, -0.25) is 9.59 Å². The van der Waals surface area contributed by atoms with Crippen molar-refractivity contribution < 1.29 is 9.18 Å². The van der Waals surface area contributed by atoms with Crippen LogP contribution in [0.15, 0.2) is 53.3 Å². The molecule has 0 atom stereocenters. The Morgan fingerprint density at radius 1 is 1.12 bits per heavy atom. The predicted molar refractivity (Wildman–Crippen MR) is 91.7 cm³/mol. The minimum Gasteiger partial charge on any atom is -0.330 e. The molecule has 0 aliphatic heterocycles. The number of nitrogens with zero attached hydrogens (tertiary/aromatic N) is 2. The van der Waals surface area contributed by atoms with Gasteiger partial charge in [-0.15, -0.1) is 0 Å². The topological polar surface area (TPSA) is 66.1 Å². The smallest absolute Gasteiger partial charge is 0.275 e. The highest BCUT2D eigenvalue weighted by molar-refractivity contribution is 6.04. The van der Waals surface area contributed by atoms with Crippen LogP contribution in [0.25, 0.3) is 10.8 Å². The molecule has 1 amide bonds. The molecule has 4 rings (SSSR count). The first-order chi connectivity index (χ1) is 12.1. The molecule has 0 spiro atoms. The molecule has 1 aromatic heterocycles. The van der Waals surface area contributed by atoms with E-state index in [9.17, 15) is 14.0 Å². The van der Waals surface area contributed by atoms with Gasteiger partial charge in [0.05, 0.1) is 5.39 Å². The molecule has 25 heavy (non-hydrogen) atoms. The standard InChI is InChI=1S/C19H16FN3O2/c20-16-8-4-1-5-12(16)11-23(13-9-10-13)19(25)17-14-6-2-3-7-15(14)18(24)22-21-17/h1-8,13H,9-11H2,(H,22,24). The third-order valence-electron chi connectivity index (χ3n) is 4.45. The number of hydrogen-bond acceptors (Lipinski definition) is 3. The Bertz CT molecular complexity index is 1010. The maximum absolute atomic E-state index is 14.0. The van der Waals surface area contributed by atoms with Gasteiger partial charge < -0.3 is 4.90 Å². The largest absolute Gasteiger partial charge is 0.330 e. The van der Waals surface area contributed by atoms with Gasteiger partial charge in [-0.25, -0.2) is 9.49 Å². The van der Waals surface area contributed by atoms with Crippen molar-refractivity contribution in [2.45, 2.75) is 25.4 Å². The van der Waals surface area contributed by atoms with Crippen LogP contribution in [0.2, 0.25) is 0 Å². The first-order valence-corrected chi connectivity index (χ1v) is 8.17. The summed E-state index contributed by atoms with van der Waals surface area (Å²) >= 11 is 0. The minimum atomic E-state index is -0.334. The summed E-state index contributed by atoms with van der Waals surface area (Å²) in [6.07, 6.45) is 1.78. The van der Waals surface area contributed by atoms with Gasteiger partial charge in [0.2, 0.25) is 0 Å². The van der Waals surface area contributed by atoms with Crippen molar-refractivity contribution in [2.75, 3.05) is 0 Å². The molecular weight excluding hydrogens is 321 g/mol. The zero-order valence-electron chi connectivity index (χ0n) is 13.4. The van der Waals surface area contributed by atoms with Crippen LogP contribution < -0.4 is 5.56 Å². The number of nitrogens with one attached hydrogen (secondary N) is 1. The van der Waals surface area contributed by atoms with Gasteiger partial charge in [0.15, 0.2) is 5.69 Å². The van der Waals surface area contributed by atoms with Gasteiger partial charge in [0, 0.05) is 23.5 Å². The summed E-state index contributed by atoms with van der Waals surface area (Å²) in [7, 11) is 0. The first kappa shape index (κ1) is 15.5. The molecule has 0 bridgehead atoms. The number of hydrogen-bond donors (Lipinski definition) is 1. The summed E-state index contributed by atoms with van der Waals surface area (Å²) in [6, 6.07) is 13.4. The zero-order chi connectivity index (χ0) is 17.4. The van der Waals surface area contributed by atoms with Crippen molar-refractivity contribution in [1.82, 2.24) is 15.1 Å². The van der Waals surface area contributed by atoms with E-state index in [-0.39, 0.29) is 35.6 Å². The van der Waals surface area contributed by atoms with Crippen molar-refractivity contribution in [3.63, 3.8) is 0 Å². The van der Waals surface area contributed by atoms with E-state index in [1.165, 1.54) is 6.07 Å². The second-order valence-corrected chi connectivity index (χ2v) is 6.20. The monoisotopic (exact) mass is 337 g/mol. The van der Waals surface area contributed by atoms with Gasteiger partial charge in [0.1, 0.15) is 5.82 Å². The van der Waals surface area contributed by atoms with Crippen LogP contribution in [0.5, 0.6) is 0 Å². The molecule has 1 heterocycles. The molecule has 3 aromatic rings. The van der Waals surface area contributed by atoms with Crippen molar-refractivity contribution >= 4 is 16.7 Å². The second kappa shape index (κ2) is 6.12. The number of benzene rings is 2. The Balaban J connectivity index is 1.74. The number of amides is 1. The second-order valence-electron chi connectivity index (χ2n) is 6.20. The SMILES string of the molecule is O=C(c1n[nH]c(=O)c2ccccc12)N(Cc1ccccc1F)C1CC1. The number of carbonyl (C=O) groups is 1. The van der Waals surface area contributed by atoms with Gasteiger partial charge >= 0.3 is 0 Å². The average Bonchev–Trinajstić information content (AvgIpc) is 3.46. The molecule has 5 nitrogen and oxygen atoms in total. The van der Waals surface area contributed by atoms with Crippen LogP contribution in [0.4, 0.5) is 4.39 Å². The number of rotatable bonds is 4. The number of halogens is 1. The van der Waals surface area contributed by atoms with E-state index in [1.807, 2.05) is 0 Å². The summed E-state index contributed by atoms with van der Waals surface area (Å²) in [5.41, 5.74) is 0.328. The van der Waals surface area contributed by atoms with Crippen molar-refractivity contribution in [2.24, 2.45) is 0 Å². The van der Waals surface area contributed by atoms with E-state index in [0.29, 0.717) is 16.3 Å². The van der Waals surface area contributed by atoms with Crippen LogP contribution in [0.1, 0.15) is 28.9 Å². The fourth-order valence-corrected chi connectivity index (χ4v) is 2.98. The fourth-order valence-electron chi connectivity index (χ4n) is 2.98. The van der Waals surface area contributed by atoms with E-state index in [4.69, 9.17) is 0 Å². The molecule has 1 aliphatic carbocycles. The predicted octanol–water partition coefficient (Wildman–Crippen LogP) is 2.87. The molecule has 2 aromatic carbocycles. The quantitative estimate of drug-likeness (QED) is 0.796. The number of aromatic nitrogens is 2. The van der Waals surface area contributed by atoms with E-state index in [1.54, 1.807) is 47.4 Å². The Hall–Kier alpha value is -3.02. The molecule has 6 heteroatoms. The molecular formula is C19H16FN3O2. The summed E-state index contributed by atoms with van der Waals surface area (Å²) in [5.74, 6) is -0.626. The highest BCUT2D eigenvalue weighted by Gasteiger charge is 2.34. The van der Waals surface area contributed by atoms with Crippen molar-refractivity contribution in [3.8, 4) is 0 Å². The molecule has 1 N–H and O–H groups in total. The highest BCUT2D eigenvalue weighted by atomic mass is 19.1. The van der Waals surface area contributed by atoms with Crippen LogP contribution in [0, 0.1) is 5.82 Å². The molecule has 0 radical (unpaired) electrons. The summed E-state index contributed by atoms with van der Waals surface area (Å²) in [5, 5.41) is 7.29. The fraction of sp³-hybridized carbons (Fsp3) is 0.211. The van der Waals surface area contributed by atoms with Gasteiger partial charge in [0.25, 0.3) is 11.5 Å². The Labute approximate surface area is 143 Å². The molecule has 1 saturated carbocycles. The van der Waals surface area contributed by atoms with Gasteiger partial charge in [-0.2, -0.15) is 5.10 Å². The van der Waals surface area contributed by atoms with Crippen molar-refractivity contribution in [3.05, 3.63) is 76.0 Å². The highest BCUT2D eigenvalue weighted by Crippen LogP contribution is 2.30. The summed E-state index contributed by atoms with van der Waals surface area (Å²) < 4.78 is 14.0. The molecule has 0 unspecified atom stereocenters. The third-order valence-corrected chi connectivity index (χ3v) is 4.45. The lowest BCUT2D eigenvalue weighted by atomic mass is 10.1. The lowest BCUT2D eigenvalue weighted by Gasteiger charge is -2.22. The molecule has 1 aliphatic rings. The maximum atomic E-state index is 14.0.